The van der Waals surface area contributed by atoms with Crippen molar-refractivity contribution in [1.29, 1.82) is 0 Å². The molecule has 0 bridgehead atoms. The van der Waals surface area contributed by atoms with Crippen LogP contribution in [-0.2, 0) is 4.79 Å². The van der Waals surface area contributed by atoms with Crippen molar-refractivity contribution in [1.82, 2.24) is 10.6 Å². The van der Waals surface area contributed by atoms with Crippen molar-refractivity contribution in [3.8, 4) is 11.8 Å². The second-order valence-electron chi connectivity index (χ2n) is 2.55. The molecule has 14 heavy (non-hydrogen) atoms. The van der Waals surface area contributed by atoms with E-state index in [9.17, 15) is 9.59 Å². The number of carbonyl (C=O) groups is 2. The lowest BCUT2D eigenvalue weighted by Crippen LogP contribution is -2.45. The van der Waals surface area contributed by atoms with Gasteiger partial charge in [-0.3, -0.25) is 0 Å². The molecule has 0 aromatic rings. The summed E-state index contributed by atoms with van der Waals surface area (Å²) < 4.78 is 0. The van der Waals surface area contributed by atoms with Crippen LogP contribution in [0.2, 0.25) is 0 Å². The molecule has 0 spiro atoms. The topological polar surface area (TPSA) is 78.4 Å². The van der Waals surface area contributed by atoms with Crippen LogP contribution in [0.5, 0.6) is 0 Å². The largest absolute Gasteiger partial charge is 0.480 e. The Bertz CT molecular complexity index is 265. The molecule has 0 saturated carbocycles. The molecule has 0 aliphatic heterocycles. The Morgan fingerprint density at radius 1 is 1.50 bits per heavy atom. The molecule has 1 atom stereocenters. The van der Waals surface area contributed by atoms with Crippen LogP contribution in [0, 0.1) is 11.8 Å². The first-order valence-corrected chi connectivity index (χ1v) is 4.28. The summed E-state index contributed by atoms with van der Waals surface area (Å²) in [7, 11) is 0. The quantitative estimate of drug-likeness (QED) is 0.563. The third kappa shape index (κ3) is 5.04. The first-order chi connectivity index (χ1) is 6.61. The number of urea groups is 1. The van der Waals surface area contributed by atoms with Crippen molar-refractivity contribution >= 4 is 12.0 Å². The van der Waals surface area contributed by atoms with E-state index in [1.54, 1.807) is 13.8 Å². The van der Waals surface area contributed by atoms with Gasteiger partial charge in [0.2, 0.25) is 0 Å². The zero-order valence-corrected chi connectivity index (χ0v) is 8.26. The van der Waals surface area contributed by atoms with E-state index in [1.807, 2.05) is 0 Å². The highest BCUT2D eigenvalue weighted by Crippen LogP contribution is 1.89. The van der Waals surface area contributed by atoms with Gasteiger partial charge in [0.05, 0.1) is 6.54 Å². The van der Waals surface area contributed by atoms with E-state index in [4.69, 9.17) is 5.11 Å². The Labute approximate surface area is 82.9 Å². The van der Waals surface area contributed by atoms with Crippen molar-refractivity contribution in [3.05, 3.63) is 0 Å². The number of hydrogen-bond acceptors (Lipinski definition) is 2. The highest BCUT2D eigenvalue weighted by atomic mass is 16.4. The van der Waals surface area contributed by atoms with Gasteiger partial charge >= 0.3 is 12.0 Å². The SMILES string of the molecule is CC#CCNC(=O)N[C@@H](CC)C(=O)O. The Hall–Kier alpha value is -1.70. The Morgan fingerprint density at radius 2 is 2.14 bits per heavy atom. The number of rotatable bonds is 4. The van der Waals surface area contributed by atoms with Crippen LogP contribution in [0.4, 0.5) is 4.79 Å². The molecule has 0 aromatic carbocycles. The maximum Gasteiger partial charge on any atom is 0.326 e. The molecule has 0 radical (unpaired) electrons. The molecule has 0 aliphatic rings. The molecular formula is C9H14N2O3. The minimum Gasteiger partial charge on any atom is -0.480 e. The molecule has 0 saturated heterocycles. The average molecular weight is 198 g/mol. The number of aliphatic carboxylic acids is 1. The number of carboxylic acid groups (broad SMARTS) is 1. The van der Waals surface area contributed by atoms with Gasteiger partial charge in [0.25, 0.3) is 0 Å². The minimum atomic E-state index is -1.04. The molecule has 78 valence electrons. The summed E-state index contributed by atoms with van der Waals surface area (Å²) in [6.07, 6.45) is 0.349. The second kappa shape index (κ2) is 6.78. The molecule has 5 nitrogen and oxygen atoms in total. The Morgan fingerprint density at radius 3 is 2.57 bits per heavy atom. The van der Waals surface area contributed by atoms with Gasteiger partial charge in [-0.1, -0.05) is 12.8 Å². The van der Waals surface area contributed by atoms with E-state index in [2.05, 4.69) is 22.5 Å². The van der Waals surface area contributed by atoms with Gasteiger partial charge in [0.1, 0.15) is 6.04 Å². The van der Waals surface area contributed by atoms with E-state index in [0.717, 1.165) is 0 Å². The van der Waals surface area contributed by atoms with Crippen LogP contribution in [0.3, 0.4) is 0 Å². The first-order valence-electron chi connectivity index (χ1n) is 4.28. The van der Waals surface area contributed by atoms with E-state index in [-0.39, 0.29) is 6.54 Å². The molecular weight excluding hydrogens is 184 g/mol. The van der Waals surface area contributed by atoms with E-state index in [0.29, 0.717) is 6.42 Å². The van der Waals surface area contributed by atoms with Crippen molar-refractivity contribution in [2.75, 3.05) is 6.54 Å². The second-order valence-corrected chi connectivity index (χ2v) is 2.55. The average Bonchev–Trinajstić information content (AvgIpc) is 2.14. The van der Waals surface area contributed by atoms with Gasteiger partial charge in [-0.05, 0) is 13.3 Å². The number of carboxylic acids is 1. The zero-order valence-electron chi connectivity index (χ0n) is 8.26. The summed E-state index contributed by atoms with van der Waals surface area (Å²) in [6.45, 7) is 3.56. The molecule has 5 heteroatoms. The van der Waals surface area contributed by atoms with Crippen molar-refractivity contribution in [2.24, 2.45) is 0 Å². The zero-order chi connectivity index (χ0) is 11.0. The maximum absolute atomic E-state index is 11.0. The summed E-state index contributed by atoms with van der Waals surface area (Å²) in [6, 6.07) is -1.36. The van der Waals surface area contributed by atoms with E-state index in [1.165, 1.54) is 0 Å². The molecule has 0 fully saturated rings. The fraction of sp³-hybridized carbons (Fsp3) is 0.556. The summed E-state index contributed by atoms with van der Waals surface area (Å²) in [5.74, 6) is 4.20. The number of nitrogens with one attached hydrogen (secondary N) is 2. The molecule has 3 N–H and O–H groups in total. The highest BCUT2D eigenvalue weighted by molar-refractivity contribution is 5.82. The van der Waals surface area contributed by atoms with Crippen molar-refractivity contribution in [3.63, 3.8) is 0 Å². The smallest absolute Gasteiger partial charge is 0.326 e. The number of hydrogen-bond donors (Lipinski definition) is 3. The Kier molecular flexibility index (Phi) is 5.95. The number of amides is 2. The molecule has 0 rings (SSSR count). The molecule has 2 amide bonds. The van der Waals surface area contributed by atoms with Crippen molar-refractivity contribution < 1.29 is 14.7 Å². The van der Waals surface area contributed by atoms with Crippen LogP contribution >= 0.6 is 0 Å². The van der Waals surface area contributed by atoms with Gasteiger partial charge in [0.15, 0.2) is 0 Å². The lowest BCUT2D eigenvalue weighted by atomic mass is 10.2. The summed E-state index contributed by atoms with van der Waals surface area (Å²) in [4.78, 5) is 21.6. The van der Waals surface area contributed by atoms with Gasteiger partial charge in [-0.2, -0.15) is 0 Å². The van der Waals surface area contributed by atoms with Gasteiger partial charge in [-0.25, -0.2) is 9.59 Å². The van der Waals surface area contributed by atoms with E-state index >= 15 is 0 Å². The van der Waals surface area contributed by atoms with Crippen LogP contribution in [0.15, 0.2) is 0 Å². The molecule has 0 heterocycles. The predicted octanol–water partition coefficient (Wildman–Crippen LogP) is 0.172. The molecule has 0 aliphatic carbocycles. The fourth-order valence-corrected chi connectivity index (χ4v) is 0.761. The summed E-state index contributed by atoms with van der Waals surface area (Å²) in [5.41, 5.74) is 0. The maximum atomic E-state index is 11.0. The van der Waals surface area contributed by atoms with E-state index < -0.39 is 18.0 Å². The highest BCUT2D eigenvalue weighted by Gasteiger charge is 2.16. The lowest BCUT2D eigenvalue weighted by molar-refractivity contribution is -0.139. The molecule has 0 aromatic heterocycles. The van der Waals surface area contributed by atoms with Gasteiger partial charge in [0, 0.05) is 0 Å². The standard InChI is InChI=1S/C9H14N2O3/c1-3-5-6-10-9(14)11-7(4-2)8(12)13/h7H,4,6H2,1-2H3,(H,12,13)(H2,10,11,14)/t7-/m0/s1. The monoisotopic (exact) mass is 198 g/mol. The lowest BCUT2D eigenvalue weighted by Gasteiger charge is -2.11. The van der Waals surface area contributed by atoms with Crippen molar-refractivity contribution in [2.45, 2.75) is 26.3 Å². The first kappa shape index (κ1) is 12.3. The predicted molar refractivity (Wildman–Crippen MR) is 51.7 cm³/mol. The summed E-state index contributed by atoms with van der Waals surface area (Å²) >= 11 is 0. The van der Waals surface area contributed by atoms with Gasteiger partial charge < -0.3 is 15.7 Å². The van der Waals surface area contributed by atoms with Crippen LogP contribution in [0.25, 0.3) is 0 Å². The fourth-order valence-electron chi connectivity index (χ4n) is 0.761. The van der Waals surface area contributed by atoms with Gasteiger partial charge in [-0.15, -0.1) is 5.92 Å². The van der Waals surface area contributed by atoms with Crippen LogP contribution < -0.4 is 10.6 Å². The normalized spacial score (nSPS) is 10.7. The number of carbonyl (C=O) groups excluding carboxylic acids is 1. The minimum absolute atomic E-state index is 0.221. The van der Waals surface area contributed by atoms with Crippen LogP contribution in [0.1, 0.15) is 20.3 Å². The molecule has 0 unspecified atom stereocenters. The summed E-state index contributed by atoms with van der Waals surface area (Å²) in [5, 5.41) is 13.3. The third-order valence-corrected chi connectivity index (χ3v) is 1.53. The van der Waals surface area contributed by atoms with Crippen LogP contribution in [-0.4, -0.2) is 29.7 Å². The third-order valence-electron chi connectivity index (χ3n) is 1.53. The Balaban J connectivity index is 3.89.